The summed E-state index contributed by atoms with van der Waals surface area (Å²) in [5, 5.41) is 4.11. The van der Waals surface area contributed by atoms with E-state index in [4.69, 9.17) is 4.52 Å². The third-order valence-electron chi connectivity index (χ3n) is 5.62. The molecule has 1 aliphatic carbocycles. The summed E-state index contributed by atoms with van der Waals surface area (Å²) in [6.45, 7) is 2.43. The minimum atomic E-state index is 0.125. The van der Waals surface area contributed by atoms with Crippen LogP contribution in [0.4, 0.5) is 0 Å². The summed E-state index contributed by atoms with van der Waals surface area (Å²) in [6.07, 6.45) is 6.06. The van der Waals surface area contributed by atoms with Crippen LogP contribution in [0.25, 0.3) is 11.4 Å². The standard InChI is InChI=1S/C24H27N3O2/c1-18-12-14-19(15-13-18)16-23(28)27(21-10-6-3-7-11-21)17-22-25-24(26-29-22)20-8-4-2-5-9-20/h2,4-5,8-9,12-15,21H,3,6-7,10-11,16-17H2,1H3. The van der Waals surface area contributed by atoms with Crippen LogP contribution in [0.3, 0.4) is 0 Å². The molecular weight excluding hydrogens is 362 g/mol. The predicted octanol–water partition coefficient (Wildman–Crippen LogP) is 4.95. The van der Waals surface area contributed by atoms with Crippen LogP contribution in [0.2, 0.25) is 0 Å². The number of aryl methyl sites for hydroxylation is 1. The highest BCUT2D eigenvalue weighted by atomic mass is 16.5. The Balaban J connectivity index is 1.52. The first kappa shape index (κ1) is 19.4. The van der Waals surface area contributed by atoms with E-state index in [9.17, 15) is 4.79 Å². The first-order valence-corrected chi connectivity index (χ1v) is 10.4. The van der Waals surface area contributed by atoms with Crippen LogP contribution in [-0.2, 0) is 17.8 Å². The highest BCUT2D eigenvalue weighted by molar-refractivity contribution is 5.79. The Bertz CT molecular complexity index is 928. The summed E-state index contributed by atoms with van der Waals surface area (Å²) in [5.41, 5.74) is 3.15. The molecule has 1 saturated carbocycles. The maximum absolute atomic E-state index is 13.2. The second-order valence-corrected chi connectivity index (χ2v) is 7.85. The number of rotatable bonds is 6. The zero-order valence-electron chi connectivity index (χ0n) is 16.9. The van der Waals surface area contributed by atoms with Crippen LogP contribution in [0.5, 0.6) is 0 Å². The Hall–Kier alpha value is -2.95. The molecule has 0 saturated heterocycles. The Kier molecular flexibility index (Phi) is 6.03. The van der Waals surface area contributed by atoms with E-state index in [-0.39, 0.29) is 11.9 Å². The quantitative estimate of drug-likeness (QED) is 0.598. The number of hydrogen-bond donors (Lipinski definition) is 0. The molecule has 5 heteroatoms. The summed E-state index contributed by atoms with van der Waals surface area (Å²) in [4.78, 5) is 19.7. The normalized spacial score (nSPS) is 14.7. The van der Waals surface area contributed by atoms with Gasteiger partial charge in [-0.05, 0) is 25.3 Å². The maximum Gasteiger partial charge on any atom is 0.246 e. The van der Waals surface area contributed by atoms with Gasteiger partial charge in [-0.3, -0.25) is 4.79 Å². The van der Waals surface area contributed by atoms with Gasteiger partial charge in [-0.1, -0.05) is 84.6 Å². The van der Waals surface area contributed by atoms with Gasteiger partial charge >= 0.3 is 0 Å². The molecular formula is C24H27N3O2. The van der Waals surface area contributed by atoms with Crippen LogP contribution in [0, 0.1) is 6.92 Å². The zero-order chi connectivity index (χ0) is 20.1. The fourth-order valence-corrected chi connectivity index (χ4v) is 3.97. The van der Waals surface area contributed by atoms with Gasteiger partial charge in [0.05, 0.1) is 6.42 Å². The highest BCUT2D eigenvalue weighted by Crippen LogP contribution is 2.25. The van der Waals surface area contributed by atoms with Crippen LogP contribution >= 0.6 is 0 Å². The van der Waals surface area contributed by atoms with Gasteiger partial charge in [0.25, 0.3) is 0 Å². The van der Waals surface area contributed by atoms with E-state index in [1.54, 1.807) is 0 Å². The van der Waals surface area contributed by atoms with Gasteiger partial charge in [-0.2, -0.15) is 4.98 Å². The van der Waals surface area contributed by atoms with E-state index in [1.165, 1.54) is 12.0 Å². The van der Waals surface area contributed by atoms with Gasteiger partial charge < -0.3 is 9.42 Å². The van der Waals surface area contributed by atoms with Crippen molar-refractivity contribution < 1.29 is 9.32 Å². The minimum absolute atomic E-state index is 0.125. The second kappa shape index (κ2) is 9.03. The maximum atomic E-state index is 13.2. The van der Waals surface area contributed by atoms with Crippen molar-refractivity contribution >= 4 is 5.91 Å². The summed E-state index contributed by atoms with van der Waals surface area (Å²) >= 11 is 0. The van der Waals surface area contributed by atoms with Crippen molar-refractivity contribution in [3.8, 4) is 11.4 Å². The van der Waals surface area contributed by atoms with Crippen molar-refractivity contribution in [2.75, 3.05) is 0 Å². The number of nitrogens with zero attached hydrogens (tertiary/aromatic N) is 3. The summed E-state index contributed by atoms with van der Waals surface area (Å²) < 4.78 is 5.50. The lowest BCUT2D eigenvalue weighted by molar-refractivity contribution is -0.134. The fraction of sp³-hybridized carbons (Fsp3) is 0.375. The van der Waals surface area contributed by atoms with Gasteiger partial charge in [0, 0.05) is 11.6 Å². The Morgan fingerprint density at radius 1 is 1.03 bits per heavy atom. The van der Waals surface area contributed by atoms with Crippen molar-refractivity contribution in [3.05, 3.63) is 71.6 Å². The zero-order valence-corrected chi connectivity index (χ0v) is 16.9. The molecule has 0 aliphatic heterocycles. The average molecular weight is 389 g/mol. The lowest BCUT2D eigenvalue weighted by atomic mass is 9.93. The van der Waals surface area contributed by atoms with Crippen LogP contribution in [0.1, 0.15) is 49.1 Å². The molecule has 5 nitrogen and oxygen atoms in total. The van der Waals surface area contributed by atoms with Crippen LogP contribution < -0.4 is 0 Å². The van der Waals surface area contributed by atoms with Crippen molar-refractivity contribution in [3.63, 3.8) is 0 Å². The summed E-state index contributed by atoms with van der Waals surface area (Å²) in [7, 11) is 0. The number of carbonyl (C=O) groups excluding carboxylic acids is 1. The van der Waals surface area contributed by atoms with Crippen LogP contribution in [-0.4, -0.2) is 27.0 Å². The molecule has 1 aliphatic rings. The molecule has 0 N–H and O–H groups in total. The van der Waals surface area contributed by atoms with E-state index < -0.39 is 0 Å². The number of benzene rings is 2. The van der Waals surface area contributed by atoms with E-state index >= 15 is 0 Å². The topological polar surface area (TPSA) is 59.2 Å². The molecule has 1 fully saturated rings. The van der Waals surface area contributed by atoms with Crippen molar-refractivity contribution in [1.82, 2.24) is 15.0 Å². The molecule has 0 unspecified atom stereocenters. The van der Waals surface area contributed by atoms with E-state index in [1.807, 2.05) is 47.4 Å². The lowest BCUT2D eigenvalue weighted by Gasteiger charge is -2.33. The fourth-order valence-electron chi connectivity index (χ4n) is 3.97. The Morgan fingerprint density at radius 3 is 2.48 bits per heavy atom. The lowest BCUT2D eigenvalue weighted by Crippen LogP contribution is -2.41. The molecule has 3 aromatic rings. The molecule has 4 rings (SSSR count). The highest BCUT2D eigenvalue weighted by Gasteiger charge is 2.27. The molecule has 0 radical (unpaired) electrons. The van der Waals surface area contributed by atoms with Gasteiger partial charge in [0.2, 0.25) is 17.6 Å². The van der Waals surface area contributed by atoms with Gasteiger partial charge in [0.15, 0.2) is 0 Å². The number of aromatic nitrogens is 2. The molecule has 29 heavy (non-hydrogen) atoms. The molecule has 1 aromatic heterocycles. The van der Waals surface area contributed by atoms with Crippen molar-refractivity contribution in [2.45, 2.75) is 58.0 Å². The molecule has 0 bridgehead atoms. The predicted molar refractivity (Wildman–Crippen MR) is 112 cm³/mol. The van der Waals surface area contributed by atoms with Gasteiger partial charge in [-0.15, -0.1) is 0 Å². The van der Waals surface area contributed by atoms with Crippen LogP contribution in [0.15, 0.2) is 59.1 Å². The smallest absolute Gasteiger partial charge is 0.246 e. The first-order chi connectivity index (χ1) is 14.2. The third-order valence-corrected chi connectivity index (χ3v) is 5.62. The van der Waals surface area contributed by atoms with E-state index in [0.717, 1.165) is 36.8 Å². The van der Waals surface area contributed by atoms with Crippen molar-refractivity contribution in [2.24, 2.45) is 0 Å². The summed E-state index contributed by atoms with van der Waals surface area (Å²) in [6, 6.07) is 18.2. The molecule has 1 amide bonds. The first-order valence-electron chi connectivity index (χ1n) is 10.4. The summed E-state index contributed by atoms with van der Waals surface area (Å²) in [5.74, 6) is 1.18. The third kappa shape index (κ3) is 4.91. The minimum Gasteiger partial charge on any atom is -0.337 e. The van der Waals surface area contributed by atoms with Gasteiger partial charge in [-0.25, -0.2) is 0 Å². The average Bonchev–Trinajstić information content (AvgIpc) is 3.24. The van der Waals surface area contributed by atoms with Crippen molar-refractivity contribution in [1.29, 1.82) is 0 Å². The second-order valence-electron chi connectivity index (χ2n) is 7.85. The number of amides is 1. The number of hydrogen-bond acceptors (Lipinski definition) is 4. The largest absolute Gasteiger partial charge is 0.337 e. The molecule has 0 atom stereocenters. The molecule has 2 aromatic carbocycles. The SMILES string of the molecule is Cc1ccc(CC(=O)N(Cc2nc(-c3ccccc3)no2)C2CCCCC2)cc1. The molecule has 150 valence electrons. The van der Waals surface area contributed by atoms with E-state index in [0.29, 0.717) is 24.7 Å². The Labute approximate surface area is 171 Å². The molecule has 0 spiro atoms. The van der Waals surface area contributed by atoms with E-state index in [2.05, 4.69) is 29.2 Å². The number of carbonyl (C=O) groups is 1. The monoisotopic (exact) mass is 389 g/mol. The Morgan fingerprint density at radius 2 is 1.76 bits per heavy atom. The van der Waals surface area contributed by atoms with Gasteiger partial charge in [0.1, 0.15) is 6.54 Å². The molecule has 1 heterocycles.